The molecule has 3 aliphatic rings. The second-order valence-corrected chi connectivity index (χ2v) is 7.81. The van der Waals surface area contributed by atoms with Crippen LogP contribution in [0.4, 0.5) is 4.79 Å². The van der Waals surface area contributed by atoms with Gasteiger partial charge in [-0.25, -0.2) is 4.79 Å². The predicted octanol–water partition coefficient (Wildman–Crippen LogP) is 3.61. The summed E-state index contributed by atoms with van der Waals surface area (Å²) < 4.78 is 11.4. The van der Waals surface area contributed by atoms with Crippen molar-refractivity contribution in [2.75, 3.05) is 19.8 Å². The fourth-order valence-corrected chi connectivity index (χ4v) is 4.98. The second-order valence-electron chi connectivity index (χ2n) is 7.81. The smallest absolute Gasteiger partial charge is 0.410 e. The maximum Gasteiger partial charge on any atom is 0.410 e. The summed E-state index contributed by atoms with van der Waals surface area (Å²) in [7, 11) is 0. The lowest BCUT2D eigenvalue weighted by atomic mass is 9.98. The van der Waals surface area contributed by atoms with Crippen molar-refractivity contribution in [2.45, 2.75) is 31.4 Å². The van der Waals surface area contributed by atoms with E-state index in [0.29, 0.717) is 6.54 Å². The second kappa shape index (κ2) is 6.74. The minimum absolute atomic E-state index is 0.0190. The van der Waals surface area contributed by atoms with E-state index < -0.39 is 12.1 Å². The van der Waals surface area contributed by atoms with Crippen molar-refractivity contribution in [2.24, 2.45) is 5.92 Å². The van der Waals surface area contributed by atoms with Crippen LogP contribution in [-0.4, -0.2) is 48.7 Å². The molecule has 5 nitrogen and oxygen atoms in total. The topological polar surface area (TPSA) is 55.8 Å². The maximum absolute atomic E-state index is 12.9. The molecule has 0 saturated carbocycles. The number of ketones is 1. The largest absolute Gasteiger partial charge is 0.448 e. The van der Waals surface area contributed by atoms with Crippen LogP contribution in [0, 0.1) is 5.92 Å². The van der Waals surface area contributed by atoms with Crippen molar-refractivity contribution in [1.82, 2.24) is 4.90 Å². The summed E-state index contributed by atoms with van der Waals surface area (Å²) in [5.74, 6) is 0.193. The molecule has 0 spiro atoms. The predicted molar refractivity (Wildman–Crippen MR) is 104 cm³/mol. The number of carbonyl (C=O) groups excluding carboxylic acids is 2. The van der Waals surface area contributed by atoms with Gasteiger partial charge in [-0.05, 0) is 28.7 Å². The van der Waals surface area contributed by atoms with E-state index in [1.807, 2.05) is 24.3 Å². The van der Waals surface area contributed by atoms with Crippen molar-refractivity contribution in [3.05, 3.63) is 59.7 Å². The van der Waals surface area contributed by atoms with E-state index in [1.165, 1.54) is 22.3 Å². The van der Waals surface area contributed by atoms with Crippen LogP contribution in [0.15, 0.2) is 48.5 Å². The van der Waals surface area contributed by atoms with Gasteiger partial charge in [0.05, 0.1) is 6.10 Å². The number of amides is 1. The average Bonchev–Trinajstić information content (AvgIpc) is 3.38. The third-order valence-corrected chi connectivity index (χ3v) is 6.39. The van der Waals surface area contributed by atoms with Gasteiger partial charge in [0.25, 0.3) is 0 Å². The molecule has 2 aromatic rings. The maximum atomic E-state index is 12.9. The highest BCUT2D eigenvalue weighted by Gasteiger charge is 2.52. The van der Waals surface area contributed by atoms with E-state index >= 15 is 0 Å². The zero-order chi connectivity index (χ0) is 19.3. The highest BCUT2D eigenvalue weighted by atomic mass is 16.6. The SMILES string of the molecule is CC[C@H]1CN(C(=O)OCC2c3ccccc3-c3ccccc32)[C@@H]2C(=O)CO[C@H]12. The van der Waals surface area contributed by atoms with Gasteiger partial charge in [0.2, 0.25) is 0 Å². The van der Waals surface area contributed by atoms with Crippen LogP contribution in [0.25, 0.3) is 11.1 Å². The van der Waals surface area contributed by atoms with Crippen molar-refractivity contribution in [3.63, 3.8) is 0 Å². The highest BCUT2D eigenvalue weighted by Crippen LogP contribution is 2.44. The van der Waals surface area contributed by atoms with E-state index in [4.69, 9.17) is 9.47 Å². The van der Waals surface area contributed by atoms with Crippen molar-refractivity contribution in [3.8, 4) is 11.1 Å². The average molecular weight is 377 g/mol. The Labute approximate surface area is 164 Å². The van der Waals surface area contributed by atoms with Gasteiger partial charge in [-0.3, -0.25) is 9.69 Å². The third kappa shape index (κ3) is 2.57. The Morgan fingerprint density at radius 2 is 1.75 bits per heavy atom. The molecule has 5 heteroatoms. The van der Waals surface area contributed by atoms with E-state index in [1.54, 1.807) is 4.90 Å². The lowest BCUT2D eigenvalue weighted by molar-refractivity contribution is -0.121. The van der Waals surface area contributed by atoms with Crippen LogP contribution in [0.3, 0.4) is 0 Å². The van der Waals surface area contributed by atoms with Crippen molar-refractivity contribution >= 4 is 11.9 Å². The van der Waals surface area contributed by atoms with Gasteiger partial charge in [0.1, 0.15) is 19.3 Å². The summed E-state index contributed by atoms with van der Waals surface area (Å²) in [5.41, 5.74) is 4.77. The number of carbonyl (C=O) groups is 2. The first-order chi connectivity index (χ1) is 13.7. The summed E-state index contributed by atoms with van der Waals surface area (Å²) in [6.07, 6.45) is 0.284. The lowest BCUT2D eigenvalue weighted by Gasteiger charge is -2.22. The Kier molecular flexibility index (Phi) is 4.20. The monoisotopic (exact) mass is 377 g/mol. The van der Waals surface area contributed by atoms with Gasteiger partial charge in [-0.15, -0.1) is 0 Å². The van der Waals surface area contributed by atoms with Gasteiger partial charge in [0, 0.05) is 18.4 Å². The molecule has 144 valence electrons. The molecule has 0 aromatic heterocycles. The molecule has 0 radical (unpaired) electrons. The minimum atomic E-state index is -0.486. The molecule has 3 atom stereocenters. The zero-order valence-corrected chi connectivity index (χ0v) is 15.8. The van der Waals surface area contributed by atoms with Gasteiger partial charge < -0.3 is 9.47 Å². The molecule has 2 heterocycles. The normalized spacial score (nSPS) is 25.5. The van der Waals surface area contributed by atoms with Crippen molar-refractivity contribution in [1.29, 1.82) is 0 Å². The number of fused-ring (bicyclic) bond motifs is 4. The molecular formula is C23H23NO4. The summed E-state index contributed by atoms with van der Waals surface area (Å²) in [4.78, 5) is 26.7. The lowest BCUT2D eigenvalue weighted by Crippen LogP contribution is -2.42. The van der Waals surface area contributed by atoms with Gasteiger partial charge in [-0.2, -0.15) is 0 Å². The highest BCUT2D eigenvalue weighted by molar-refractivity contribution is 5.91. The number of hydrogen-bond acceptors (Lipinski definition) is 4. The standard InChI is InChI=1S/C23H23NO4/c1-2-14-11-24(21-20(25)13-27-22(14)21)23(26)28-12-19-17-9-5-3-7-15(17)16-8-4-6-10-18(16)19/h3-10,14,19,21-22H,2,11-13H2,1H3/t14-,21+,22+/m0/s1. The Hall–Kier alpha value is -2.66. The van der Waals surface area contributed by atoms with Crippen LogP contribution in [-0.2, 0) is 14.3 Å². The first-order valence-corrected chi connectivity index (χ1v) is 9.95. The van der Waals surface area contributed by atoms with Crippen molar-refractivity contribution < 1.29 is 19.1 Å². The van der Waals surface area contributed by atoms with Crippen LogP contribution >= 0.6 is 0 Å². The zero-order valence-electron chi connectivity index (χ0n) is 15.8. The summed E-state index contributed by atoms with van der Waals surface area (Å²) in [6.45, 7) is 2.95. The van der Waals surface area contributed by atoms with Gasteiger partial charge >= 0.3 is 6.09 Å². The number of hydrogen-bond donors (Lipinski definition) is 0. The van der Waals surface area contributed by atoms with Crippen LogP contribution < -0.4 is 0 Å². The van der Waals surface area contributed by atoms with E-state index in [2.05, 4.69) is 31.2 Å². The number of ether oxygens (including phenoxy) is 2. The molecule has 0 bridgehead atoms. The summed E-state index contributed by atoms with van der Waals surface area (Å²) in [6, 6.07) is 16.0. The third-order valence-electron chi connectivity index (χ3n) is 6.39. The molecule has 0 N–H and O–H groups in total. The Balaban J connectivity index is 1.35. The molecule has 2 fully saturated rings. The molecular weight excluding hydrogens is 354 g/mol. The fraction of sp³-hybridized carbons (Fsp3) is 0.391. The molecule has 2 saturated heterocycles. The number of likely N-dealkylation sites (tertiary alicyclic amines) is 1. The van der Waals surface area contributed by atoms with E-state index in [9.17, 15) is 9.59 Å². The van der Waals surface area contributed by atoms with E-state index in [-0.39, 0.29) is 36.9 Å². The minimum Gasteiger partial charge on any atom is -0.448 e. The number of benzene rings is 2. The molecule has 1 aliphatic carbocycles. The Morgan fingerprint density at radius 3 is 2.39 bits per heavy atom. The van der Waals surface area contributed by atoms with Gasteiger partial charge in [-0.1, -0.05) is 55.5 Å². The Morgan fingerprint density at radius 1 is 1.11 bits per heavy atom. The summed E-state index contributed by atoms with van der Waals surface area (Å²) in [5, 5.41) is 0. The first kappa shape index (κ1) is 17.4. The first-order valence-electron chi connectivity index (χ1n) is 9.95. The molecule has 28 heavy (non-hydrogen) atoms. The molecule has 2 aliphatic heterocycles. The molecule has 5 rings (SSSR count). The van der Waals surface area contributed by atoms with Crippen LogP contribution in [0.1, 0.15) is 30.4 Å². The number of rotatable bonds is 3. The van der Waals surface area contributed by atoms with E-state index in [0.717, 1.165) is 6.42 Å². The number of nitrogens with zero attached hydrogens (tertiary/aromatic N) is 1. The quantitative estimate of drug-likeness (QED) is 0.820. The molecule has 0 unspecified atom stereocenters. The Bertz CT molecular complexity index is 894. The van der Waals surface area contributed by atoms with Crippen LogP contribution in [0.5, 0.6) is 0 Å². The fourth-order valence-electron chi connectivity index (χ4n) is 4.98. The molecule has 2 aromatic carbocycles. The summed E-state index contributed by atoms with van der Waals surface area (Å²) >= 11 is 0. The van der Waals surface area contributed by atoms with Crippen LogP contribution in [0.2, 0.25) is 0 Å². The molecule has 1 amide bonds. The number of Topliss-reactive ketones (excluding diaryl/α,β-unsaturated/α-hetero) is 1. The van der Waals surface area contributed by atoms with Gasteiger partial charge in [0.15, 0.2) is 5.78 Å².